The number of carbonyl (C=O) groups is 1. The van der Waals surface area contributed by atoms with E-state index < -0.39 is 17.6 Å². The summed E-state index contributed by atoms with van der Waals surface area (Å²) in [5.74, 6) is 0.0647. The third-order valence-corrected chi connectivity index (χ3v) is 4.42. The predicted molar refractivity (Wildman–Crippen MR) is 95.4 cm³/mol. The SMILES string of the molecule is Cc1cc(CNC(=O)c2cccc(C(F)(F)F)c2)nc(N2CCCCC2)n1. The summed E-state index contributed by atoms with van der Waals surface area (Å²) in [6, 6.07) is 6.13. The standard InChI is InChI=1S/C19H21F3N4O/c1-13-10-16(25-18(24-13)26-8-3-2-4-9-26)12-23-17(27)14-6-5-7-15(11-14)19(20,21)22/h5-7,10-11H,2-4,8-9,12H2,1H3,(H,23,27). The Labute approximate surface area is 155 Å². The molecule has 0 unspecified atom stereocenters. The smallest absolute Gasteiger partial charge is 0.346 e. The van der Waals surface area contributed by atoms with Crippen molar-refractivity contribution < 1.29 is 18.0 Å². The minimum Gasteiger partial charge on any atom is -0.346 e. The number of alkyl halides is 3. The van der Waals surface area contributed by atoms with Crippen LogP contribution in [0.1, 0.15) is 46.6 Å². The van der Waals surface area contributed by atoms with Crippen LogP contribution in [-0.4, -0.2) is 29.0 Å². The highest BCUT2D eigenvalue weighted by Gasteiger charge is 2.30. The monoisotopic (exact) mass is 378 g/mol. The number of carbonyl (C=O) groups excluding carboxylic acids is 1. The van der Waals surface area contributed by atoms with Crippen molar-refractivity contribution in [3.63, 3.8) is 0 Å². The first kappa shape index (κ1) is 19.1. The van der Waals surface area contributed by atoms with Gasteiger partial charge in [0.1, 0.15) is 0 Å². The second-order valence-corrected chi connectivity index (χ2v) is 6.61. The highest BCUT2D eigenvalue weighted by Crippen LogP contribution is 2.29. The van der Waals surface area contributed by atoms with E-state index in [4.69, 9.17) is 0 Å². The number of amides is 1. The van der Waals surface area contributed by atoms with E-state index in [1.165, 1.54) is 18.6 Å². The van der Waals surface area contributed by atoms with Gasteiger partial charge in [-0.2, -0.15) is 13.2 Å². The molecule has 1 aromatic carbocycles. The van der Waals surface area contributed by atoms with Crippen molar-refractivity contribution in [2.45, 2.75) is 38.9 Å². The van der Waals surface area contributed by atoms with Gasteiger partial charge in [-0.15, -0.1) is 0 Å². The normalized spacial score (nSPS) is 14.9. The van der Waals surface area contributed by atoms with Gasteiger partial charge >= 0.3 is 6.18 Å². The molecule has 144 valence electrons. The first-order valence-electron chi connectivity index (χ1n) is 8.88. The zero-order valence-corrected chi connectivity index (χ0v) is 15.0. The maximum absolute atomic E-state index is 12.8. The van der Waals surface area contributed by atoms with Gasteiger partial charge in [0.05, 0.1) is 17.8 Å². The summed E-state index contributed by atoms with van der Waals surface area (Å²) >= 11 is 0. The van der Waals surface area contributed by atoms with E-state index in [1.54, 1.807) is 6.07 Å². The first-order valence-corrected chi connectivity index (χ1v) is 8.88. The van der Waals surface area contributed by atoms with Crippen LogP contribution in [0, 0.1) is 6.92 Å². The Balaban J connectivity index is 1.69. The van der Waals surface area contributed by atoms with Crippen LogP contribution < -0.4 is 10.2 Å². The molecule has 1 saturated heterocycles. The van der Waals surface area contributed by atoms with Crippen LogP contribution in [0.2, 0.25) is 0 Å². The van der Waals surface area contributed by atoms with Crippen molar-refractivity contribution in [1.82, 2.24) is 15.3 Å². The van der Waals surface area contributed by atoms with E-state index in [0.29, 0.717) is 11.6 Å². The molecular weight excluding hydrogens is 357 g/mol. The molecule has 1 amide bonds. The second-order valence-electron chi connectivity index (χ2n) is 6.61. The van der Waals surface area contributed by atoms with Gasteiger partial charge in [0.15, 0.2) is 0 Å². The molecule has 2 aromatic rings. The van der Waals surface area contributed by atoms with Gasteiger partial charge in [-0.1, -0.05) is 6.07 Å². The third-order valence-electron chi connectivity index (χ3n) is 4.42. The van der Waals surface area contributed by atoms with Crippen LogP contribution in [0.3, 0.4) is 0 Å². The second kappa shape index (κ2) is 7.94. The third kappa shape index (κ3) is 4.96. The van der Waals surface area contributed by atoms with Crippen molar-refractivity contribution in [2.75, 3.05) is 18.0 Å². The van der Waals surface area contributed by atoms with Crippen molar-refractivity contribution in [3.8, 4) is 0 Å². The maximum Gasteiger partial charge on any atom is 0.416 e. The number of nitrogens with one attached hydrogen (secondary N) is 1. The van der Waals surface area contributed by atoms with Gasteiger partial charge in [0, 0.05) is 24.3 Å². The van der Waals surface area contributed by atoms with Crippen LogP contribution in [0.5, 0.6) is 0 Å². The highest BCUT2D eigenvalue weighted by molar-refractivity contribution is 5.94. The van der Waals surface area contributed by atoms with Crippen LogP contribution in [0.4, 0.5) is 19.1 Å². The van der Waals surface area contributed by atoms with Crippen molar-refractivity contribution in [3.05, 3.63) is 52.8 Å². The zero-order chi connectivity index (χ0) is 19.4. The minimum absolute atomic E-state index is 0.0353. The summed E-state index contributed by atoms with van der Waals surface area (Å²) < 4.78 is 38.4. The van der Waals surface area contributed by atoms with E-state index in [1.807, 2.05) is 6.92 Å². The summed E-state index contributed by atoms with van der Waals surface area (Å²) in [5, 5.41) is 2.64. The lowest BCUT2D eigenvalue weighted by Gasteiger charge is -2.27. The number of anilines is 1. The van der Waals surface area contributed by atoms with E-state index in [9.17, 15) is 18.0 Å². The zero-order valence-electron chi connectivity index (χ0n) is 15.0. The molecule has 0 atom stereocenters. The molecule has 5 nitrogen and oxygen atoms in total. The average molecular weight is 378 g/mol. The summed E-state index contributed by atoms with van der Waals surface area (Å²) in [6.45, 7) is 3.78. The quantitative estimate of drug-likeness (QED) is 0.881. The molecule has 0 saturated carbocycles. The lowest BCUT2D eigenvalue weighted by molar-refractivity contribution is -0.137. The molecule has 1 aliphatic rings. The van der Waals surface area contributed by atoms with Gasteiger partial charge in [-0.05, 0) is 50.5 Å². The predicted octanol–water partition coefficient (Wildman–Crippen LogP) is 3.72. The van der Waals surface area contributed by atoms with E-state index in [2.05, 4.69) is 20.2 Å². The molecular formula is C19H21F3N4O. The Morgan fingerprint density at radius 1 is 1.15 bits per heavy atom. The molecule has 0 aliphatic carbocycles. The van der Waals surface area contributed by atoms with E-state index in [0.717, 1.165) is 43.8 Å². The summed E-state index contributed by atoms with van der Waals surface area (Å²) in [6.07, 6.45) is -1.09. The first-order chi connectivity index (χ1) is 12.8. The number of aromatic nitrogens is 2. The number of benzene rings is 1. The fraction of sp³-hybridized carbons (Fsp3) is 0.421. The van der Waals surface area contributed by atoms with Gasteiger partial charge < -0.3 is 10.2 Å². The Kier molecular flexibility index (Phi) is 5.62. The molecule has 27 heavy (non-hydrogen) atoms. The van der Waals surface area contributed by atoms with Gasteiger partial charge in [0.2, 0.25) is 5.95 Å². The molecule has 0 radical (unpaired) electrons. The van der Waals surface area contributed by atoms with Gasteiger partial charge in [-0.25, -0.2) is 9.97 Å². The molecule has 1 N–H and O–H groups in total. The Hall–Kier alpha value is -2.64. The number of halogens is 3. The summed E-state index contributed by atoms with van der Waals surface area (Å²) in [7, 11) is 0. The van der Waals surface area contributed by atoms with Gasteiger partial charge in [0.25, 0.3) is 5.91 Å². The van der Waals surface area contributed by atoms with E-state index in [-0.39, 0.29) is 12.1 Å². The number of hydrogen-bond donors (Lipinski definition) is 1. The van der Waals surface area contributed by atoms with E-state index >= 15 is 0 Å². The lowest BCUT2D eigenvalue weighted by Crippen LogP contribution is -2.32. The summed E-state index contributed by atoms with van der Waals surface area (Å²) in [4.78, 5) is 23.3. The van der Waals surface area contributed by atoms with Crippen LogP contribution in [-0.2, 0) is 12.7 Å². The molecule has 3 rings (SSSR count). The topological polar surface area (TPSA) is 58.1 Å². The number of nitrogens with zero attached hydrogens (tertiary/aromatic N) is 3. The van der Waals surface area contributed by atoms with Crippen molar-refractivity contribution in [2.24, 2.45) is 0 Å². The molecule has 2 heterocycles. The Morgan fingerprint density at radius 3 is 2.59 bits per heavy atom. The Morgan fingerprint density at radius 2 is 1.89 bits per heavy atom. The molecule has 0 bridgehead atoms. The van der Waals surface area contributed by atoms with Crippen molar-refractivity contribution in [1.29, 1.82) is 0 Å². The van der Waals surface area contributed by atoms with Crippen molar-refractivity contribution >= 4 is 11.9 Å². The fourth-order valence-corrected chi connectivity index (χ4v) is 3.05. The minimum atomic E-state index is -4.48. The molecule has 8 heteroatoms. The van der Waals surface area contributed by atoms with Crippen LogP contribution in [0.25, 0.3) is 0 Å². The fourth-order valence-electron chi connectivity index (χ4n) is 3.05. The van der Waals surface area contributed by atoms with Gasteiger partial charge in [-0.3, -0.25) is 4.79 Å². The highest BCUT2D eigenvalue weighted by atomic mass is 19.4. The maximum atomic E-state index is 12.8. The molecule has 1 aliphatic heterocycles. The lowest BCUT2D eigenvalue weighted by atomic mass is 10.1. The molecule has 1 aromatic heterocycles. The van der Waals surface area contributed by atoms with Crippen LogP contribution in [0.15, 0.2) is 30.3 Å². The average Bonchev–Trinajstić information content (AvgIpc) is 2.66. The molecule has 1 fully saturated rings. The number of piperidine rings is 1. The summed E-state index contributed by atoms with van der Waals surface area (Å²) in [5.41, 5.74) is 0.532. The van der Waals surface area contributed by atoms with Crippen LogP contribution >= 0.6 is 0 Å². The largest absolute Gasteiger partial charge is 0.416 e. The number of hydrogen-bond acceptors (Lipinski definition) is 4. The Bertz CT molecular complexity index is 817. The number of aryl methyl sites for hydroxylation is 1. The number of rotatable bonds is 4. The molecule has 0 spiro atoms.